The molecule has 5 atom stereocenters. The van der Waals surface area contributed by atoms with E-state index in [0.717, 1.165) is 5.56 Å². The molecule has 0 bridgehead atoms. The second-order valence-corrected chi connectivity index (χ2v) is 8.30. The van der Waals surface area contributed by atoms with Gasteiger partial charge in [-0.25, -0.2) is 0 Å². The molecule has 1 fully saturated rings. The van der Waals surface area contributed by atoms with Crippen molar-refractivity contribution in [3.05, 3.63) is 70.8 Å². The molecule has 188 valence electrons. The van der Waals surface area contributed by atoms with Crippen LogP contribution in [-0.4, -0.2) is 41.7 Å². The number of benzene rings is 2. The van der Waals surface area contributed by atoms with E-state index in [-0.39, 0.29) is 31.3 Å². The van der Waals surface area contributed by atoms with Gasteiger partial charge in [0.15, 0.2) is 0 Å². The first-order valence-electron chi connectivity index (χ1n) is 10.8. The van der Waals surface area contributed by atoms with Gasteiger partial charge in [0.05, 0.1) is 35.5 Å². The molecule has 1 aliphatic heterocycles. The molecule has 0 radical (unpaired) electrons. The highest BCUT2D eigenvalue weighted by atomic mass is 19.4. The first-order valence-corrected chi connectivity index (χ1v) is 10.8. The van der Waals surface area contributed by atoms with Crippen LogP contribution in [0.25, 0.3) is 0 Å². The molecule has 0 unspecified atom stereocenters. The van der Waals surface area contributed by atoms with Gasteiger partial charge in [0.2, 0.25) is 0 Å². The van der Waals surface area contributed by atoms with Gasteiger partial charge in [0, 0.05) is 19.1 Å². The number of alkyl halides is 6. The van der Waals surface area contributed by atoms with Crippen LogP contribution < -0.4 is 0 Å². The fourth-order valence-electron chi connectivity index (χ4n) is 4.25. The molecular formula is C24H26F6O4. The van der Waals surface area contributed by atoms with Crippen LogP contribution in [0.1, 0.15) is 54.0 Å². The van der Waals surface area contributed by atoms with Gasteiger partial charge in [-0.3, -0.25) is 0 Å². The summed E-state index contributed by atoms with van der Waals surface area (Å²) in [5, 5.41) is 19.8. The lowest BCUT2D eigenvalue weighted by Gasteiger charge is -2.41. The number of halogens is 6. The highest BCUT2D eigenvalue weighted by molar-refractivity contribution is 5.35. The summed E-state index contributed by atoms with van der Waals surface area (Å²) in [6.45, 7) is 1.28. The molecule has 0 saturated carbocycles. The first kappa shape index (κ1) is 26.5. The maximum Gasteiger partial charge on any atom is 0.416 e. The van der Waals surface area contributed by atoms with Crippen molar-refractivity contribution in [3.63, 3.8) is 0 Å². The fourth-order valence-corrected chi connectivity index (χ4v) is 4.25. The number of rotatable bonds is 7. The number of aliphatic hydroxyl groups is 2. The van der Waals surface area contributed by atoms with Gasteiger partial charge >= 0.3 is 12.4 Å². The van der Waals surface area contributed by atoms with E-state index in [1.54, 1.807) is 30.3 Å². The minimum Gasteiger partial charge on any atom is -0.396 e. The van der Waals surface area contributed by atoms with Crippen molar-refractivity contribution in [2.45, 2.75) is 62.5 Å². The van der Waals surface area contributed by atoms with Crippen molar-refractivity contribution in [2.75, 3.05) is 13.2 Å². The van der Waals surface area contributed by atoms with Crippen LogP contribution in [0.15, 0.2) is 48.5 Å². The molecule has 2 aromatic rings. The topological polar surface area (TPSA) is 58.9 Å². The van der Waals surface area contributed by atoms with Gasteiger partial charge in [-0.1, -0.05) is 30.3 Å². The number of hydrogen-bond donors (Lipinski definition) is 2. The van der Waals surface area contributed by atoms with E-state index in [4.69, 9.17) is 9.47 Å². The van der Waals surface area contributed by atoms with Crippen molar-refractivity contribution in [1.29, 1.82) is 0 Å². The summed E-state index contributed by atoms with van der Waals surface area (Å²) >= 11 is 0. The highest BCUT2D eigenvalue weighted by Crippen LogP contribution is 2.41. The SMILES string of the molecule is C[C@@H](O[C@@H]1CCO[C@@H]([C@H](O)CCO)[C@@H]1c1ccccc1)c1cc(C(F)(F)F)cc(C(F)(F)F)c1. The largest absolute Gasteiger partial charge is 0.416 e. The molecule has 2 aromatic carbocycles. The maximum absolute atomic E-state index is 13.3. The molecule has 1 aliphatic rings. The van der Waals surface area contributed by atoms with Crippen molar-refractivity contribution in [3.8, 4) is 0 Å². The standard InChI is InChI=1S/C24H26F6O4/c1-14(16-11-17(23(25,26)27)13-18(12-16)24(28,29)30)34-20-8-10-33-22(19(32)7-9-31)21(20)15-5-3-2-4-6-15/h2-6,11-14,19-22,31-32H,7-10H2,1H3/t14-,19-,20-,21-,22+/m1/s1. The van der Waals surface area contributed by atoms with Gasteiger partial charge in [-0.05, 0) is 49.1 Å². The molecule has 0 amide bonds. The van der Waals surface area contributed by atoms with E-state index in [0.29, 0.717) is 18.6 Å². The van der Waals surface area contributed by atoms with Crippen molar-refractivity contribution in [2.24, 2.45) is 0 Å². The van der Waals surface area contributed by atoms with E-state index in [1.807, 2.05) is 0 Å². The summed E-state index contributed by atoms with van der Waals surface area (Å²) in [5.41, 5.74) is -2.33. The van der Waals surface area contributed by atoms with Crippen molar-refractivity contribution >= 4 is 0 Å². The maximum atomic E-state index is 13.3. The van der Waals surface area contributed by atoms with Gasteiger partial charge in [0.1, 0.15) is 0 Å². The molecule has 34 heavy (non-hydrogen) atoms. The summed E-state index contributed by atoms with van der Waals surface area (Å²) in [5.74, 6) is -0.549. The summed E-state index contributed by atoms with van der Waals surface area (Å²) in [7, 11) is 0. The molecular weight excluding hydrogens is 466 g/mol. The normalized spacial score (nSPS) is 23.5. The Balaban J connectivity index is 1.95. The number of aliphatic hydroxyl groups excluding tert-OH is 2. The zero-order chi connectivity index (χ0) is 25.1. The van der Waals surface area contributed by atoms with Crippen LogP contribution in [0.2, 0.25) is 0 Å². The van der Waals surface area contributed by atoms with Gasteiger partial charge in [-0.2, -0.15) is 26.3 Å². The smallest absolute Gasteiger partial charge is 0.396 e. The summed E-state index contributed by atoms with van der Waals surface area (Å²) in [6.07, 6.45) is -13.1. The molecule has 4 nitrogen and oxygen atoms in total. The lowest BCUT2D eigenvalue weighted by atomic mass is 9.81. The van der Waals surface area contributed by atoms with E-state index in [1.165, 1.54) is 6.92 Å². The van der Waals surface area contributed by atoms with Gasteiger partial charge in [0.25, 0.3) is 0 Å². The quantitative estimate of drug-likeness (QED) is 0.503. The third-order valence-electron chi connectivity index (χ3n) is 5.91. The molecule has 2 N–H and O–H groups in total. The summed E-state index contributed by atoms with van der Waals surface area (Å²) in [6, 6.07) is 10.3. The Morgan fingerprint density at radius 1 is 1.00 bits per heavy atom. The summed E-state index contributed by atoms with van der Waals surface area (Å²) in [4.78, 5) is 0. The van der Waals surface area contributed by atoms with E-state index >= 15 is 0 Å². The van der Waals surface area contributed by atoms with Crippen LogP contribution >= 0.6 is 0 Å². The fraction of sp³-hybridized carbons (Fsp3) is 0.500. The molecule has 0 aromatic heterocycles. The third-order valence-corrected chi connectivity index (χ3v) is 5.91. The monoisotopic (exact) mass is 492 g/mol. The van der Waals surface area contributed by atoms with Gasteiger partial charge < -0.3 is 19.7 Å². The molecule has 3 rings (SSSR count). The Morgan fingerprint density at radius 3 is 2.12 bits per heavy atom. The number of hydrogen-bond acceptors (Lipinski definition) is 4. The van der Waals surface area contributed by atoms with Gasteiger partial charge in [-0.15, -0.1) is 0 Å². The zero-order valence-corrected chi connectivity index (χ0v) is 18.3. The Bertz CT molecular complexity index is 899. The van der Waals surface area contributed by atoms with E-state index in [2.05, 4.69) is 0 Å². The Kier molecular flexibility index (Phi) is 8.28. The average molecular weight is 492 g/mol. The average Bonchev–Trinajstić information content (AvgIpc) is 2.78. The lowest BCUT2D eigenvalue weighted by molar-refractivity contribution is -0.147. The Hall–Kier alpha value is -2.14. The summed E-state index contributed by atoms with van der Waals surface area (Å²) < 4.78 is 91.5. The minimum atomic E-state index is -4.96. The lowest BCUT2D eigenvalue weighted by Crippen LogP contribution is -2.46. The Labute approximate surface area is 193 Å². The van der Waals surface area contributed by atoms with Crippen LogP contribution in [0.4, 0.5) is 26.3 Å². The van der Waals surface area contributed by atoms with Crippen molar-refractivity contribution in [1.82, 2.24) is 0 Å². The van der Waals surface area contributed by atoms with Crippen LogP contribution in [0.3, 0.4) is 0 Å². The predicted molar refractivity (Wildman–Crippen MR) is 111 cm³/mol. The molecule has 0 aliphatic carbocycles. The molecule has 1 heterocycles. The second kappa shape index (κ2) is 10.6. The highest BCUT2D eigenvalue weighted by Gasteiger charge is 2.41. The minimum absolute atomic E-state index is 0.0405. The predicted octanol–water partition coefficient (Wildman–Crippen LogP) is 5.49. The van der Waals surface area contributed by atoms with Crippen LogP contribution in [0.5, 0.6) is 0 Å². The molecule has 0 spiro atoms. The van der Waals surface area contributed by atoms with E-state index in [9.17, 15) is 36.6 Å². The molecule has 1 saturated heterocycles. The second-order valence-electron chi connectivity index (χ2n) is 8.30. The van der Waals surface area contributed by atoms with Crippen LogP contribution in [0, 0.1) is 0 Å². The first-order chi connectivity index (χ1) is 15.9. The third kappa shape index (κ3) is 6.29. The van der Waals surface area contributed by atoms with E-state index < -0.39 is 53.8 Å². The van der Waals surface area contributed by atoms with Crippen molar-refractivity contribution < 1.29 is 46.0 Å². The zero-order valence-electron chi connectivity index (χ0n) is 18.3. The molecule has 10 heteroatoms. The Morgan fingerprint density at radius 2 is 1.59 bits per heavy atom. The number of ether oxygens (including phenoxy) is 2. The van der Waals surface area contributed by atoms with Crippen LogP contribution in [-0.2, 0) is 21.8 Å².